The van der Waals surface area contributed by atoms with Crippen LogP contribution in [-0.4, -0.2) is 36.0 Å². The van der Waals surface area contributed by atoms with Gasteiger partial charge in [-0.3, -0.25) is 0 Å². The predicted molar refractivity (Wildman–Crippen MR) is 79.6 cm³/mol. The molecule has 2 atom stereocenters. The molecular weight excluding hydrogens is 363 g/mol. The van der Waals surface area contributed by atoms with Crippen molar-refractivity contribution in [2.45, 2.75) is 48.8 Å². The SMILES string of the molecule is Nc1cc(F)c(Br)cc1S(=O)(=O)N1C2CCC1CC(O)C2. The Morgan fingerprint density at radius 3 is 2.43 bits per heavy atom. The molecule has 0 aliphatic carbocycles. The van der Waals surface area contributed by atoms with Crippen LogP contribution in [0.15, 0.2) is 21.5 Å². The van der Waals surface area contributed by atoms with Crippen LogP contribution in [0.4, 0.5) is 10.1 Å². The summed E-state index contributed by atoms with van der Waals surface area (Å²) in [6.45, 7) is 0. The lowest BCUT2D eigenvalue weighted by atomic mass is 10.0. The molecule has 1 aromatic carbocycles. The second-order valence-electron chi connectivity index (χ2n) is 5.65. The van der Waals surface area contributed by atoms with Crippen LogP contribution in [0.3, 0.4) is 0 Å². The number of aliphatic hydroxyl groups is 1. The normalized spacial score (nSPS) is 29.8. The number of hydrogen-bond donors (Lipinski definition) is 2. The van der Waals surface area contributed by atoms with E-state index in [4.69, 9.17) is 5.73 Å². The Kier molecular flexibility index (Phi) is 3.76. The Labute approximate surface area is 131 Å². The number of piperidine rings is 1. The summed E-state index contributed by atoms with van der Waals surface area (Å²) in [5.74, 6) is -0.594. The molecule has 2 heterocycles. The van der Waals surface area contributed by atoms with Crippen LogP contribution in [0.25, 0.3) is 0 Å². The molecule has 5 nitrogen and oxygen atoms in total. The summed E-state index contributed by atoms with van der Waals surface area (Å²) >= 11 is 3.00. The molecule has 0 radical (unpaired) electrons. The van der Waals surface area contributed by atoms with Gasteiger partial charge >= 0.3 is 0 Å². The molecule has 1 aromatic rings. The highest BCUT2D eigenvalue weighted by Crippen LogP contribution is 2.41. The third-order valence-corrected chi connectivity index (χ3v) is 6.92. The lowest BCUT2D eigenvalue weighted by Crippen LogP contribution is -2.47. The molecule has 2 saturated heterocycles. The molecule has 116 valence electrons. The summed E-state index contributed by atoms with van der Waals surface area (Å²) in [7, 11) is -3.79. The first-order valence-corrected chi connectivity index (χ1v) is 9.00. The van der Waals surface area contributed by atoms with Crippen molar-refractivity contribution in [3.05, 3.63) is 22.4 Å². The van der Waals surface area contributed by atoms with E-state index in [2.05, 4.69) is 15.9 Å². The van der Waals surface area contributed by atoms with Crippen molar-refractivity contribution in [2.75, 3.05) is 5.73 Å². The predicted octanol–water partition coefficient (Wildman–Crippen LogP) is 1.85. The quantitative estimate of drug-likeness (QED) is 0.769. The van der Waals surface area contributed by atoms with Gasteiger partial charge in [0.1, 0.15) is 10.7 Å². The molecule has 3 N–H and O–H groups in total. The van der Waals surface area contributed by atoms with Gasteiger partial charge in [-0.15, -0.1) is 0 Å². The number of nitrogen functional groups attached to an aromatic ring is 1. The minimum absolute atomic E-state index is 0.0691. The standard InChI is InChI=1S/C13H16BrFN2O3S/c14-10-5-13(12(16)6-11(10)15)21(19,20)17-7-1-2-8(17)4-9(18)3-7/h5-9,18H,1-4,16H2. The summed E-state index contributed by atoms with van der Waals surface area (Å²) in [5.41, 5.74) is 5.61. The van der Waals surface area contributed by atoms with Crippen LogP contribution >= 0.6 is 15.9 Å². The van der Waals surface area contributed by atoms with Crippen LogP contribution in [0, 0.1) is 5.82 Å². The zero-order chi connectivity index (χ0) is 15.4. The Hall–Kier alpha value is -0.700. The Morgan fingerprint density at radius 1 is 1.29 bits per heavy atom. The van der Waals surface area contributed by atoms with Gasteiger partial charge in [0.2, 0.25) is 10.0 Å². The maximum atomic E-state index is 13.4. The van der Waals surface area contributed by atoms with Gasteiger partial charge in [-0.1, -0.05) is 0 Å². The van der Waals surface area contributed by atoms with Crippen molar-refractivity contribution in [3.63, 3.8) is 0 Å². The fraction of sp³-hybridized carbons (Fsp3) is 0.538. The maximum Gasteiger partial charge on any atom is 0.245 e. The topological polar surface area (TPSA) is 83.6 Å². The van der Waals surface area contributed by atoms with Crippen LogP contribution in [0.1, 0.15) is 25.7 Å². The smallest absolute Gasteiger partial charge is 0.245 e. The molecule has 2 aliphatic rings. The first-order chi connectivity index (χ1) is 9.80. The van der Waals surface area contributed by atoms with Gasteiger partial charge in [0, 0.05) is 12.1 Å². The van der Waals surface area contributed by atoms with Crippen LogP contribution < -0.4 is 5.73 Å². The van der Waals surface area contributed by atoms with Crippen LogP contribution in [-0.2, 0) is 10.0 Å². The highest BCUT2D eigenvalue weighted by Gasteiger charge is 2.47. The molecule has 3 rings (SSSR count). The largest absolute Gasteiger partial charge is 0.398 e. The van der Waals surface area contributed by atoms with E-state index < -0.39 is 21.9 Å². The molecule has 0 amide bonds. The minimum Gasteiger partial charge on any atom is -0.398 e. The molecule has 2 bridgehead atoms. The van der Waals surface area contributed by atoms with Crippen LogP contribution in [0.5, 0.6) is 0 Å². The van der Waals surface area contributed by atoms with Gasteiger partial charge in [-0.05, 0) is 53.7 Å². The first kappa shape index (κ1) is 15.2. The Morgan fingerprint density at radius 2 is 1.86 bits per heavy atom. The van der Waals surface area contributed by atoms with Crippen LogP contribution in [0.2, 0.25) is 0 Å². The number of halogens is 2. The van der Waals surface area contributed by atoms with Crippen molar-refractivity contribution >= 4 is 31.6 Å². The van der Waals surface area contributed by atoms with E-state index in [9.17, 15) is 17.9 Å². The van der Waals surface area contributed by atoms with Crippen molar-refractivity contribution < 1.29 is 17.9 Å². The number of sulfonamides is 1. The van der Waals surface area contributed by atoms with Gasteiger partial charge in [-0.25, -0.2) is 12.8 Å². The summed E-state index contributed by atoms with van der Waals surface area (Å²) in [6.07, 6.45) is 1.91. The summed E-state index contributed by atoms with van der Waals surface area (Å²) in [6, 6.07) is 1.82. The van der Waals surface area contributed by atoms with Gasteiger partial charge in [0.25, 0.3) is 0 Å². The van der Waals surface area contributed by atoms with E-state index in [0.717, 1.165) is 18.9 Å². The highest BCUT2D eigenvalue weighted by atomic mass is 79.9. The van der Waals surface area contributed by atoms with Crippen molar-refractivity contribution in [2.24, 2.45) is 0 Å². The van der Waals surface area contributed by atoms with E-state index in [1.54, 1.807) is 0 Å². The van der Waals surface area contributed by atoms with Crippen molar-refractivity contribution in [1.29, 1.82) is 0 Å². The fourth-order valence-electron chi connectivity index (χ4n) is 3.38. The van der Waals surface area contributed by atoms with E-state index in [1.807, 2.05) is 0 Å². The fourth-order valence-corrected chi connectivity index (χ4v) is 5.89. The Bertz CT molecular complexity index is 668. The summed E-state index contributed by atoms with van der Waals surface area (Å²) < 4.78 is 40.7. The number of nitrogens with two attached hydrogens (primary N) is 1. The molecule has 0 spiro atoms. The lowest BCUT2D eigenvalue weighted by Gasteiger charge is -2.36. The first-order valence-electron chi connectivity index (χ1n) is 6.77. The van der Waals surface area contributed by atoms with E-state index >= 15 is 0 Å². The number of fused-ring (bicyclic) bond motifs is 2. The lowest BCUT2D eigenvalue weighted by molar-refractivity contribution is 0.0769. The second kappa shape index (κ2) is 5.19. The third-order valence-electron chi connectivity index (χ3n) is 4.25. The van der Waals surface area contributed by atoms with Gasteiger partial charge in [0.15, 0.2) is 0 Å². The minimum atomic E-state index is -3.79. The molecular formula is C13H16BrFN2O3S. The number of hydrogen-bond acceptors (Lipinski definition) is 4. The molecule has 0 saturated carbocycles. The zero-order valence-corrected chi connectivity index (χ0v) is 13.6. The molecule has 21 heavy (non-hydrogen) atoms. The molecule has 2 aliphatic heterocycles. The van der Waals surface area contributed by atoms with Gasteiger partial charge in [-0.2, -0.15) is 4.31 Å². The monoisotopic (exact) mass is 378 g/mol. The van der Waals surface area contributed by atoms with E-state index in [-0.39, 0.29) is 27.1 Å². The van der Waals surface area contributed by atoms with Crippen molar-refractivity contribution in [3.8, 4) is 0 Å². The third kappa shape index (κ3) is 2.48. The molecule has 8 heteroatoms. The number of benzene rings is 1. The van der Waals surface area contributed by atoms with Gasteiger partial charge < -0.3 is 10.8 Å². The van der Waals surface area contributed by atoms with E-state index in [1.165, 1.54) is 10.4 Å². The number of aliphatic hydroxyl groups excluding tert-OH is 1. The average Bonchev–Trinajstić information content (AvgIpc) is 2.67. The van der Waals surface area contributed by atoms with E-state index in [0.29, 0.717) is 12.8 Å². The molecule has 0 aromatic heterocycles. The number of nitrogens with zero attached hydrogens (tertiary/aromatic N) is 1. The molecule has 2 unspecified atom stereocenters. The zero-order valence-electron chi connectivity index (χ0n) is 11.2. The number of rotatable bonds is 2. The summed E-state index contributed by atoms with van der Waals surface area (Å²) in [4.78, 5) is -0.0796. The summed E-state index contributed by atoms with van der Waals surface area (Å²) in [5, 5.41) is 9.78. The second-order valence-corrected chi connectivity index (χ2v) is 8.32. The average molecular weight is 379 g/mol. The molecule has 2 fully saturated rings. The van der Waals surface area contributed by atoms with Gasteiger partial charge in [0.05, 0.1) is 16.3 Å². The van der Waals surface area contributed by atoms with Crippen molar-refractivity contribution in [1.82, 2.24) is 4.31 Å². The number of anilines is 1. The Balaban J connectivity index is 2.04. The maximum absolute atomic E-state index is 13.4. The highest BCUT2D eigenvalue weighted by molar-refractivity contribution is 9.10.